The molecule has 2 N–H and O–H groups in total. The van der Waals surface area contributed by atoms with Gasteiger partial charge in [0, 0.05) is 37.8 Å². The zero-order valence-corrected chi connectivity index (χ0v) is 11.5. The predicted molar refractivity (Wildman–Crippen MR) is 76.0 cm³/mol. The van der Waals surface area contributed by atoms with Gasteiger partial charge in [-0.1, -0.05) is 19.1 Å². The van der Waals surface area contributed by atoms with Crippen LogP contribution in [0.2, 0.25) is 0 Å². The quantitative estimate of drug-likeness (QED) is 0.866. The van der Waals surface area contributed by atoms with E-state index in [9.17, 15) is 0 Å². The van der Waals surface area contributed by atoms with Gasteiger partial charge in [-0.2, -0.15) is 0 Å². The van der Waals surface area contributed by atoms with Crippen molar-refractivity contribution in [2.75, 3.05) is 38.3 Å². The maximum Gasteiger partial charge on any atom is 0.0552 e. The molecule has 0 bridgehead atoms. The van der Waals surface area contributed by atoms with Crippen molar-refractivity contribution >= 4 is 5.69 Å². The second-order valence-corrected chi connectivity index (χ2v) is 5.38. The van der Waals surface area contributed by atoms with Gasteiger partial charge >= 0.3 is 0 Å². The molecule has 100 valence electrons. The highest BCUT2D eigenvalue weighted by atomic mass is 16.5. The number of ether oxygens (including phenoxy) is 1. The molecule has 1 aromatic rings. The highest BCUT2D eigenvalue weighted by molar-refractivity contribution is 5.47. The summed E-state index contributed by atoms with van der Waals surface area (Å²) in [5, 5.41) is 0. The van der Waals surface area contributed by atoms with E-state index in [1.165, 1.54) is 11.3 Å². The van der Waals surface area contributed by atoms with E-state index in [1.54, 1.807) is 0 Å². The minimum absolute atomic E-state index is 0.137. The Hall–Kier alpha value is -1.06. The summed E-state index contributed by atoms with van der Waals surface area (Å²) in [4.78, 5) is 2.29. The first-order valence-corrected chi connectivity index (χ1v) is 6.77. The summed E-state index contributed by atoms with van der Waals surface area (Å²) < 4.78 is 5.52. The minimum Gasteiger partial charge on any atom is -0.381 e. The van der Waals surface area contributed by atoms with Gasteiger partial charge in [0.1, 0.15) is 0 Å². The SMILES string of the molecule is CCc1ccc(N(C)CC2(CN)CCOC2)cc1. The molecule has 2 rings (SSSR count). The van der Waals surface area contributed by atoms with E-state index in [1.807, 2.05) is 0 Å². The molecular formula is C15H24N2O. The Morgan fingerprint density at radius 1 is 1.33 bits per heavy atom. The molecule has 1 aromatic carbocycles. The Morgan fingerprint density at radius 3 is 2.56 bits per heavy atom. The van der Waals surface area contributed by atoms with Crippen LogP contribution in [0.15, 0.2) is 24.3 Å². The smallest absolute Gasteiger partial charge is 0.0552 e. The fourth-order valence-corrected chi connectivity index (χ4v) is 2.58. The van der Waals surface area contributed by atoms with Crippen LogP contribution in [0, 0.1) is 5.41 Å². The van der Waals surface area contributed by atoms with Crippen LogP contribution >= 0.6 is 0 Å². The molecule has 1 heterocycles. The molecule has 0 amide bonds. The van der Waals surface area contributed by atoms with E-state index in [0.29, 0.717) is 6.54 Å². The van der Waals surface area contributed by atoms with Crippen LogP contribution in [-0.2, 0) is 11.2 Å². The molecular weight excluding hydrogens is 224 g/mol. The number of nitrogens with zero attached hydrogens (tertiary/aromatic N) is 1. The van der Waals surface area contributed by atoms with Crippen molar-refractivity contribution in [1.82, 2.24) is 0 Å². The Morgan fingerprint density at radius 2 is 2.06 bits per heavy atom. The normalized spacial score (nSPS) is 23.3. The van der Waals surface area contributed by atoms with Crippen LogP contribution in [0.4, 0.5) is 5.69 Å². The van der Waals surface area contributed by atoms with Crippen LogP contribution in [0.25, 0.3) is 0 Å². The summed E-state index contributed by atoms with van der Waals surface area (Å²) >= 11 is 0. The van der Waals surface area contributed by atoms with Crippen molar-refractivity contribution in [1.29, 1.82) is 0 Å². The Balaban J connectivity index is 2.03. The second kappa shape index (κ2) is 5.72. The van der Waals surface area contributed by atoms with Crippen molar-refractivity contribution in [3.05, 3.63) is 29.8 Å². The van der Waals surface area contributed by atoms with E-state index in [4.69, 9.17) is 10.5 Å². The summed E-state index contributed by atoms with van der Waals surface area (Å²) in [6.07, 6.45) is 2.16. The molecule has 0 aliphatic carbocycles. The van der Waals surface area contributed by atoms with E-state index in [2.05, 4.69) is 43.1 Å². The van der Waals surface area contributed by atoms with E-state index < -0.39 is 0 Å². The molecule has 3 nitrogen and oxygen atoms in total. The van der Waals surface area contributed by atoms with Gasteiger partial charge in [-0.3, -0.25) is 0 Å². The Labute approximate surface area is 110 Å². The van der Waals surface area contributed by atoms with Gasteiger partial charge in [-0.15, -0.1) is 0 Å². The molecule has 0 saturated carbocycles. The van der Waals surface area contributed by atoms with Gasteiger partial charge < -0.3 is 15.4 Å². The number of hydrogen-bond acceptors (Lipinski definition) is 3. The number of benzene rings is 1. The first kappa shape index (κ1) is 13.4. The van der Waals surface area contributed by atoms with E-state index in [-0.39, 0.29) is 5.41 Å². The average molecular weight is 248 g/mol. The van der Waals surface area contributed by atoms with Crippen molar-refractivity contribution in [3.8, 4) is 0 Å². The van der Waals surface area contributed by atoms with Gasteiger partial charge in [0.15, 0.2) is 0 Å². The lowest BCUT2D eigenvalue weighted by Gasteiger charge is -2.32. The average Bonchev–Trinajstić information content (AvgIpc) is 2.88. The van der Waals surface area contributed by atoms with E-state index >= 15 is 0 Å². The van der Waals surface area contributed by atoms with Crippen LogP contribution in [0.1, 0.15) is 18.9 Å². The van der Waals surface area contributed by atoms with Gasteiger partial charge in [-0.25, -0.2) is 0 Å². The molecule has 0 radical (unpaired) electrons. The van der Waals surface area contributed by atoms with Gasteiger partial charge in [-0.05, 0) is 30.5 Å². The lowest BCUT2D eigenvalue weighted by Crippen LogP contribution is -2.41. The molecule has 3 heteroatoms. The predicted octanol–water partition coefficient (Wildman–Crippen LogP) is 2.05. The third-order valence-corrected chi connectivity index (χ3v) is 3.98. The molecule has 1 atom stereocenters. The van der Waals surface area contributed by atoms with Crippen molar-refractivity contribution < 1.29 is 4.74 Å². The zero-order chi connectivity index (χ0) is 13.0. The summed E-state index contributed by atoms with van der Waals surface area (Å²) in [6, 6.07) is 8.79. The topological polar surface area (TPSA) is 38.5 Å². The number of rotatable bonds is 5. The minimum atomic E-state index is 0.137. The summed E-state index contributed by atoms with van der Waals surface area (Å²) in [6.45, 7) is 5.48. The molecule has 0 aromatic heterocycles. The number of nitrogens with two attached hydrogens (primary N) is 1. The fraction of sp³-hybridized carbons (Fsp3) is 0.600. The van der Waals surface area contributed by atoms with Crippen LogP contribution in [-0.4, -0.2) is 33.4 Å². The summed E-state index contributed by atoms with van der Waals surface area (Å²) in [7, 11) is 2.14. The van der Waals surface area contributed by atoms with E-state index in [0.717, 1.165) is 32.6 Å². The first-order valence-electron chi connectivity index (χ1n) is 6.77. The van der Waals surface area contributed by atoms with Gasteiger partial charge in [0.05, 0.1) is 6.61 Å². The van der Waals surface area contributed by atoms with Crippen LogP contribution in [0.5, 0.6) is 0 Å². The molecule has 1 fully saturated rings. The molecule has 18 heavy (non-hydrogen) atoms. The number of aryl methyl sites for hydroxylation is 1. The fourth-order valence-electron chi connectivity index (χ4n) is 2.58. The third kappa shape index (κ3) is 2.85. The van der Waals surface area contributed by atoms with Crippen LogP contribution in [0.3, 0.4) is 0 Å². The highest BCUT2D eigenvalue weighted by Gasteiger charge is 2.34. The maximum absolute atomic E-state index is 5.93. The summed E-state index contributed by atoms with van der Waals surface area (Å²) in [5.74, 6) is 0. The number of anilines is 1. The lowest BCUT2D eigenvalue weighted by molar-refractivity contribution is 0.157. The van der Waals surface area contributed by atoms with Gasteiger partial charge in [0.2, 0.25) is 0 Å². The Kier molecular flexibility index (Phi) is 4.25. The van der Waals surface area contributed by atoms with Gasteiger partial charge in [0.25, 0.3) is 0 Å². The highest BCUT2D eigenvalue weighted by Crippen LogP contribution is 2.29. The largest absolute Gasteiger partial charge is 0.381 e. The monoisotopic (exact) mass is 248 g/mol. The Bertz CT molecular complexity index is 369. The third-order valence-electron chi connectivity index (χ3n) is 3.98. The second-order valence-electron chi connectivity index (χ2n) is 5.38. The standard InChI is InChI=1S/C15H24N2O/c1-3-13-4-6-14(7-5-13)17(2)11-15(10-16)8-9-18-12-15/h4-7H,3,8-12,16H2,1-2H3. The number of hydrogen-bond donors (Lipinski definition) is 1. The molecule has 1 aliphatic rings. The maximum atomic E-state index is 5.93. The zero-order valence-electron chi connectivity index (χ0n) is 11.5. The molecule has 1 unspecified atom stereocenters. The first-order chi connectivity index (χ1) is 8.69. The lowest BCUT2D eigenvalue weighted by atomic mass is 9.87. The van der Waals surface area contributed by atoms with Crippen molar-refractivity contribution in [2.45, 2.75) is 19.8 Å². The van der Waals surface area contributed by atoms with Crippen molar-refractivity contribution in [2.24, 2.45) is 11.1 Å². The van der Waals surface area contributed by atoms with Crippen LogP contribution < -0.4 is 10.6 Å². The molecule has 1 aliphatic heterocycles. The molecule has 1 saturated heterocycles. The molecule has 0 spiro atoms. The van der Waals surface area contributed by atoms with Crippen molar-refractivity contribution in [3.63, 3.8) is 0 Å². The summed E-state index contributed by atoms with van der Waals surface area (Å²) in [5.41, 5.74) is 8.71.